The number of aryl methyl sites for hydroxylation is 2. The Bertz CT molecular complexity index is 2200. The number of rotatable bonds is 27. The number of amides is 3. The highest BCUT2D eigenvalue weighted by atomic mass is 16.2. The largest absolute Gasteiger partial charge is 0.345 e. The molecular formula is C52H72N7O3+. The van der Waals surface area contributed by atoms with Gasteiger partial charge in [0.1, 0.15) is 11.4 Å². The SMILES string of the molecule is CCCCCCCCCCCCCCCCCC[N+](C)(C)CCNC(=O)c1cc(NC(=O)c2cc(NC(=O)c3ccc(/C=C/c4cnc5ccccc5c4)cc3)cn2C)cn1C. The molecule has 5 aromatic rings. The average Bonchev–Trinajstić information content (AvgIpc) is 3.82. The molecule has 3 amide bonds. The fraction of sp³-hybridized carbons (Fsp3) is 0.462. The summed E-state index contributed by atoms with van der Waals surface area (Å²) < 4.78 is 4.25. The Labute approximate surface area is 370 Å². The second-order valence-electron chi connectivity index (χ2n) is 17.7. The Hall–Kier alpha value is -5.48. The van der Waals surface area contributed by atoms with Gasteiger partial charge in [0.25, 0.3) is 17.7 Å². The number of likely N-dealkylation sites (N-methyl/N-ethyl adjacent to an activating group) is 1. The van der Waals surface area contributed by atoms with Gasteiger partial charge < -0.3 is 29.6 Å². The topological polar surface area (TPSA) is 110 Å². The van der Waals surface area contributed by atoms with E-state index in [4.69, 9.17) is 0 Å². The van der Waals surface area contributed by atoms with E-state index in [1.165, 1.54) is 103 Å². The quantitative estimate of drug-likeness (QED) is 0.0361. The Kier molecular flexibility index (Phi) is 19.1. The summed E-state index contributed by atoms with van der Waals surface area (Å²) in [6.07, 6.45) is 31.2. The summed E-state index contributed by atoms with van der Waals surface area (Å²) in [5.74, 6) is -0.806. The molecule has 0 aliphatic carbocycles. The third kappa shape index (κ3) is 15.8. The third-order valence-electron chi connectivity index (χ3n) is 11.9. The maximum Gasteiger partial charge on any atom is 0.272 e. The van der Waals surface area contributed by atoms with Crippen molar-refractivity contribution >= 4 is 52.2 Å². The van der Waals surface area contributed by atoms with Gasteiger partial charge >= 0.3 is 0 Å². The molecule has 0 aliphatic heterocycles. The van der Waals surface area contributed by atoms with E-state index >= 15 is 0 Å². The molecule has 0 saturated carbocycles. The lowest BCUT2D eigenvalue weighted by atomic mass is 10.0. The lowest BCUT2D eigenvalue weighted by molar-refractivity contribution is -0.889. The summed E-state index contributed by atoms with van der Waals surface area (Å²) in [4.78, 5) is 44.1. The van der Waals surface area contributed by atoms with E-state index in [-0.39, 0.29) is 17.7 Å². The lowest BCUT2D eigenvalue weighted by Crippen LogP contribution is -2.46. The molecule has 10 nitrogen and oxygen atoms in total. The van der Waals surface area contributed by atoms with Crippen LogP contribution in [0.15, 0.2) is 85.3 Å². The van der Waals surface area contributed by atoms with Gasteiger partial charge in [-0.2, -0.15) is 0 Å². The number of pyridine rings is 1. The molecular weight excluding hydrogens is 771 g/mol. The van der Waals surface area contributed by atoms with E-state index < -0.39 is 0 Å². The van der Waals surface area contributed by atoms with Crippen LogP contribution in [0.5, 0.6) is 0 Å². The molecule has 3 N–H and O–H groups in total. The first-order valence-electron chi connectivity index (χ1n) is 23.2. The van der Waals surface area contributed by atoms with Crippen LogP contribution >= 0.6 is 0 Å². The highest BCUT2D eigenvalue weighted by Gasteiger charge is 2.19. The summed E-state index contributed by atoms with van der Waals surface area (Å²) in [7, 11) is 8.01. The van der Waals surface area contributed by atoms with Gasteiger partial charge in [0.2, 0.25) is 0 Å². The second-order valence-corrected chi connectivity index (χ2v) is 17.7. The van der Waals surface area contributed by atoms with Crippen molar-refractivity contribution in [3.63, 3.8) is 0 Å². The van der Waals surface area contributed by atoms with Crippen molar-refractivity contribution in [2.45, 2.75) is 110 Å². The van der Waals surface area contributed by atoms with Crippen LogP contribution in [-0.2, 0) is 14.1 Å². The molecule has 332 valence electrons. The molecule has 10 heteroatoms. The molecule has 5 rings (SSSR count). The minimum Gasteiger partial charge on any atom is -0.345 e. The van der Waals surface area contributed by atoms with Crippen LogP contribution in [0.25, 0.3) is 23.1 Å². The van der Waals surface area contributed by atoms with Crippen molar-refractivity contribution in [3.8, 4) is 0 Å². The Morgan fingerprint density at radius 2 is 1.11 bits per heavy atom. The molecule has 0 atom stereocenters. The molecule has 0 spiro atoms. The van der Waals surface area contributed by atoms with Crippen molar-refractivity contribution in [1.29, 1.82) is 0 Å². The standard InChI is InChI=1S/C52H71N7O3/c1-6-7-8-9-10-11-12-13-14-15-16-17-18-19-20-23-33-59(4,5)34-32-53-51(61)48-36-46(40-57(48)2)56-52(62)49-37-45(39-58(49)3)55-50(60)43-30-28-41(29-31-43)26-27-42-35-44-24-21-22-25-47(44)54-38-42/h21-22,24-31,35-40H,6-20,23,32-34H2,1-5H3,(H2-,53,55,56,60,61,62)/p+1/b27-26+. The second kappa shape index (κ2) is 24.8. The van der Waals surface area contributed by atoms with E-state index in [1.54, 1.807) is 59.9 Å². The van der Waals surface area contributed by atoms with E-state index in [1.807, 2.05) is 54.7 Å². The number of carbonyl (C=O) groups excluding carboxylic acids is 3. The number of hydrogen-bond donors (Lipinski definition) is 3. The normalized spacial score (nSPS) is 11.7. The highest BCUT2D eigenvalue weighted by Crippen LogP contribution is 2.20. The van der Waals surface area contributed by atoms with Crippen LogP contribution in [-0.4, -0.2) is 70.1 Å². The highest BCUT2D eigenvalue weighted by molar-refractivity contribution is 6.07. The molecule has 62 heavy (non-hydrogen) atoms. The fourth-order valence-corrected chi connectivity index (χ4v) is 8.00. The van der Waals surface area contributed by atoms with Crippen molar-refractivity contribution in [3.05, 3.63) is 113 Å². The third-order valence-corrected chi connectivity index (χ3v) is 11.9. The van der Waals surface area contributed by atoms with E-state index in [0.717, 1.165) is 39.6 Å². The van der Waals surface area contributed by atoms with Crippen molar-refractivity contribution < 1.29 is 18.9 Å². The number of aromatic nitrogens is 3. The number of fused-ring (bicyclic) bond motifs is 1. The van der Waals surface area contributed by atoms with E-state index in [2.05, 4.69) is 48.0 Å². The molecule has 0 radical (unpaired) electrons. The fourth-order valence-electron chi connectivity index (χ4n) is 8.00. The number of benzene rings is 2. The first-order valence-corrected chi connectivity index (χ1v) is 23.2. The zero-order valence-electron chi connectivity index (χ0n) is 38.2. The van der Waals surface area contributed by atoms with Gasteiger partial charge in [-0.05, 0) is 60.4 Å². The number of anilines is 2. The average molecular weight is 843 g/mol. The number of carbonyl (C=O) groups is 3. The Morgan fingerprint density at radius 3 is 1.71 bits per heavy atom. The van der Waals surface area contributed by atoms with Crippen LogP contribution in [0, 0.1) is 0 Å². The van der Waals surface area contributed by atoms with Crippen LogP contribution in [0.2, 0.25) is 0 Å². The van der Waals surface area contributed by atoms with Crippen LogP contribution in [0.4, 0.5) is 11.4 Å². The predicted octanol–water partition coefficient (Wildman–Crippen LogP) is 11.7. The zero-order valence-corrected chi connectivity index (χ0v) is 38.2. The molecule has 3 aromatic heterocycles. The van der Waals surface area contributed by atoms with Crippen LogP contribution in [0.1, 0.15) is 152 Å². The number of nitrogens with one attached hydrogen (secondary N) is 3. The van der Waals surface area contributed by atoms with Gasteiger partial charge in [-0.25, -0.2) is 0 Å². The minimum atomic E-state index is -0.351. The predicted molar refractivity (Wildman–Crippen MR) is 258 cm³/mol. The number of para-hydroxylation sites is 1. The molecule has 0 unspecified atom stereocenters. The zero-order chi connectivity index (χ0) is 44.2. The maximum absolute atomic E-state index is 13.3. The van der Waals surface area contributed by atoms with Gasteiger partial charge in [0.15, 0.2) is 0 Å². The van der Waals surface area contributed by atoms with Crippen LogP contribution in [0.3, 0.4) is 0 Å². The van der Waals surface area contributed by atoms with Gasteiger partial charge in [-0.15, -0.1) is 0 Å². The summed E-state index contributed by atoms with van der Waals surface area (Å²) >= 11 is 0. The van der Waals surface area contributed by atoms with Crippen molar-refractivity contribution in [2.75, 3.05) is 44.4 Å². The van der Waals surface area contributed by atoms with Crippen molar-refractivity contribution in [2.24, 2.45) is 14.1 Å². The summed E-state index contributed by atoms with van der Waals surface area (Å²) in [5, 5.41) is 9.97. The maximum atomic E-state index is 13.3. The lowest BCUT2D eigenvalue weighted by Gasteiger charge is -2.30. The minimum absolute atomic E-state index is 0.175. The molecule has 0 aliphatic rings. The first-order chi connectivity index (χ1) is 30.0. The smallest absolute Gasteiger partial charge is 0.272 e. The van der Waals surface area contributed by atoms with Gasteiger partial charge in [-0.1, -0.05) is 139 Å². The Balaban J connectivity index is 0.967. The monoisotopic (exact) mass is 843 g/mol. The van der Waals surface area contributed by atoms with Crippen LogP contribution < -0.4 is 16.0 Å². The van der Waals surface area contributed by atoms with E-state index in [9.17, 15) is 14.4 Å². The summed E-state index contributed by atoms with van der Waals surface area (Å²) in [6, 6.07) is 20.7. The summed E-state index contributed by atoms with van der Waals surface area (Å²) in [5.41, 5.74) is 5.24. The Morgan fingerprint density at radius 1 is 0.597 bits per heavy atom. The van der Waals surface area contributed by atoms with E-state index in [0.29, 0.717) is 34.9 Å². The van der Waals surface area contributed by atoms with Crippen molar-refractivity contribution in [1.82, 2.24) is 19.4 Å². The molecule has 0 bridgehead atoms. The van der Waals surface area contributed by atoms with Gasteiger partial charge in [0, 0.05) is 43.6 Å². The number of hydrogen-bond acceptors (Lipinski definition) is 4. The number of quaternary nitrogens is 1. The molecule has 3 heterocycles. The number of nitrogens with zero attached hydrogens (tertiary/aromatic N) is 4. The van der Waals surface area contributed by atoms with Gasteiger partial charge in [-0.3, -0.25) is 19.4 Å². The summed E-state index contributed by atoms with van der Waals surface area (Å²) in [6.45, 7) is 4.79. The molecule has 0 saturated heterocycles. The van der Waals surface area contributed by atoms with Gasteiger partial charge in [0.05, 0.1) is 50.6 Å². The molecule has 2 aromatic carbocycles. The first kappa shape index (κ1) is 47.6. The molecule has 0 fully saturated rings. The number of unbranched alkanes of at least 4 members (excludes halogenated alkanes) is 15.